The molecule has 1 heterocycles. The highest BCUT2D eigenvalue weighted by molar-refractivity contribution is 9.10. The summed E-state index contributed by atoms with van der Waals surface area (Å²) < 4.78 is 19.8. The maximum atomic E-state index is 14.0. The van der Waals surface area contributed by atoms with Crippen LogP contribution in [0.15, 0.2) is 46.3 Å². The van der Waals surface area contributed by atoms with E-state index in [4.69, 9.17) is 4.74 Å². The molecule has 0 unspecified atom stereocenters. The summed E-state index contributed by atoms with van der Waals surface area (Å²) in [5.74, 6) is 0.262. The number of aromatic nitrogens is 2. The first-order chi connectivity index (χ1) is 11.1. The van der Waals surface area contributed by atoms with Crippen LogP contribution < -0.4 is 10.1 Å². The molecule has 0 saturated carbocycles. The first-order valence-corrected chi connectivity index (χ1v) is 7.30. The molecule has 3 aromatic rings. The fourth-order valence-electron chi connectivity index (χ4n) is 2.13. The number of nitrogens with zero attached hydrogens (tertiary/aromatic N) is 3. The van der Waals surface area contributed by atoms with E-state index in [0.717, 1.165) is 0 Å². The second kappa shape index (κ2) is 6.25. The van der Waals surface area contributed by atoms with Crippen molar-refractivity contribution in [3.05, 3.63) is 51.9 Å². The van der Waals surface area contributed by atoms with Gasteiger partial charge >= 0.3 is 0 Å². The molecule has 0 aliphatic carbocycles. The van der Waals surface area contributed by atoms with Gasteiger partial charge in [0.1, 0.15) is 23.7 Å². The third kappa shape index (κ3) is 2.98. The van der Waals surface area contributed by atoms with Gasteiger partial charge < -0.3 is 10.1 Å². The average molecular weight is 377 g/mol. The Morgan fingerprint density at radius 1 is 1.26 bits per heavy atom. The van der Waals surface area contributed by atoms with E-state index in [0.29, 0.717) is 26.9 Å². The number of fused-ring (bicyclic) bond motifs is 1. The minimum atomic E-state index is -0.427. The van der Waals surface area contributed by atoms with E-state index in [1.807, 2.05) is 0 Å². The van der Waals surface area contributed by atoms with E-state index in [9.17, 15) is 9.30 Å². The molecule has 0 aliphatic heterocycles. The van der Waals surface area contributed by atoms with E-state index in [-0.39, 0.29) is 11.4 Å². The minimum Gasteiger partial charge on any atom is -0.494 e. The summed E-state index contributed by atoms with van der Waals surface area (Å²) in [6.45, 7) is 0. The van der Waals surface area contributed by atoms with Crippen LogP contribution in [0.25, 0.3) is 10.9 Å². The molecule has 8 heteroatoms. The van der Waals surface area contributed by atoms with Crippen LogP contribution in [0.2, 0.25) is 0 Å². The first kappa shape index (κ1) is 15.3. The number of nitrogens with one attached hydrogen (secondary N) is 1. The Bertz CT molecular complexity index is 904. The highest BCUT2D eigenvalue weighted by atomic mass is 79.9. The Morgan fingerprint density at radius 2 is 2.09 bits per heavy atom. The van der Waals surface area contributed by atoms with Crippen LogP contribution in [0.1, 0.15) is 0 Å². The summed E-state index contributed by atoms with van der Waals surface area (Å²) in [5.41, 5.74) is 0.902. The van der Waals surface area contributed by atoms with Crippen LogP contribution in [0.5, 0.6) is 5.75 Å². The molecule has 0 radical (unpaired) electrons. The van der Waals surface area contributed by atoms with Crippen LogP contribution >= 0.6 is 15.9 Å². The lowest BCUT2D eigenvalue weighted by molar-refractivity contribution is 0.416. The molecular weight excluding hydrogens is 367 g/mol. The Hall–Kier alpha value is -2.61. The van der Waals surface area contributed by atoms with Crippen LogP contribution in [0, 0.1) is 10.7 Å². The molecule has 0 saturated heterocycles. The lowest BCUT2D eigenvalue weighted by Gasteiger charge is -2.11. The topological polar surface area (TPSA) is 76.5 Å². The summed E-state index contributed by atoms with van der Waals surface area (Å²) in [6.07, 6.45) is 1.32. The molecule has 6 nitrogen and oxygen atoms in total. The van der Waals surface area contributed by atoms with Gasteiger partial charge in [-0.1, -0.05) is 15.9 Å². The lowest BCUT2D eigenvalue weighted by Crippen LogP contribution is -1.98. The maximum Gasteiger partial charge on any atom is 0.152 e. The molecule has 1 N–H and O–H groups in total. The molecule has 0 aliphatic rings. The van der Waals surface area contributed by atoms with Crippen molar-refractivity contribution in [2.24, 2.45) is 5.18 Å². The SMILES string of the molecule is COc1cc2c(Nc3ccc(Br)cc3F)ncnc2cc1N=O. The van der Waals surface area contributed by atoms with Gasteiger partial charge in [0.2, 0.25) is 0 Å². The highest BCUT2D eigenvalue weighted by Gasteiger charge is 2.12. The Kier molecular flexibility index (Phi) is 4.16. The lowest BCUT2D eigenvalue weighted by atomic mass is 10.2. The van der Waals surface area contributed by atoms with Gasteiger partial charge in [-0.3, -0.25) is 0 Å². The summed E-state index contributed by atoms with van der Waals surface area (Å²) in [4.78, 5) is 19.1. The third-order valence-electron chi connectivity index (χ3n) is 3.22. The summed E-state index contributed by atoms with van der Waals surface area (Å²) in [5, 5.41) is 6.41. The average Bonchev–Trinajstić information content (AvgIpc) is 2.56. The zero-order chi connectivity index (χ0) is 16.4. The number of halogens is 2. The standard InChI is InChI=1S/C15H10BrFN4O2/c1-23-14-5-9-12(6-13(14)21-22)18-7-19-15(9)20-11-3-2-8(16)4-10(11)17/h2-7H,1H3,(H,18,19,20). The predicted molar refractivity (Wildman–Crippen MR) is 88.9 cm³/mol. The molecule has 2 aromatic carbocycles. The van der Waals surface area contributed by atoms with Gasteiger partial charge in [-0.15, -0.1) is 4.91 Å². The summed E-state index contributed by atoms with van der Waals surface area (Å²) in [6, 6.07) is 7.73. The Balaban J connectivity index is 2.12. The summed E-state index contributed by atoms with van der Waals surface area (Å²) >= 11 is 3.21. The van der Waals surface area contributed by atoms with E-state index in [2.05, 4.69) is 36.4 Å². The van der Waals surface area contributed by atoms with Gasteiger partial charge in [0.25, 0.3) is 0 Å². The fourth-order valence-corrected chi connectivity index (χ4v) is 2.46. The number of methoxy groups -OCH3 is 1. The molecule has 23 heavy (non-hydrogen) atoms. The number of anilines is 2. The van der Waals surface area contributed by atoms with Crippen molar-refractivity contribution in [1.82, 2.24) is 9.97 Å². The van der Waals surface area contributed by atoms with Gasteiger partial charge in [0, 0.05) is 9.86 Å². The van der Waals surface area contributed by atoms with Gasteiger partial charge in [-0.05, 0) is 35.5 Å². The third-order valence-corrected chi connectivity index (χ3v) is 3.71. The van der Waals surface area contributed by atoms with Crippen molar-refractivity contribution in [3.8, 4) is 5.75 Å². The smallest absolute Gasteiger partial charge is 0.152 e. The normalized spacial score (nSPS) is 10.6. The molecule has 0 fully saturated rings. The zero-order valence-corrected chi connectivity index (χ0v) is 13.5. The van der Waals surface area contributed by atoms with E-state index >= 15 is 0 Å². The summed E-state index contributed by atoms with van der Waals surface area (Å²) in [7, 11) is 1.43. The molecule has 0 amide bonds. The van der Waals surface area contributed by atoms with Crippen molar-refractivity contribution >= 4 is 44.0 Å². The van der Waals surface area contributed by atoms with Crippen molar-refractivity contribution in [1.29, 1.82) is 0 Å². The second-order valence-electron chi connectivity index (χ2n) is 4.60. The second-order valence-corrected chi connectivity index (χ2v) is 5.52. The van der Waals surface area contributed by atoms with E-state index < -0.39 is 5.82 Å². The van der Waals surface area contributed by atoms with Crippen molar-refractivity contribution in [3.63, 3.8) is 0 Å². The largest absolute Gasteiger partial charge is 0.494 e. The van der Waals surface area contributed by atoms with Gasteiger partial charge in [-0.2, -0.15) is 0 Å². The number of benzene rings is 2. The van der Waals surface area contributed by atoms with Gasteiger partial charge in [0.05, 0.1) is 18.3 Å². The number of hydrogen-bond acceptors (Lipinski definition) is 6. The fraction of sp³-hybridized carbons (Fsp3) is 0.0667. The molecule has 0 atom stereocenters. The number of hydrogen-bond donors (Lipinski definition) is 1. The number of ether oxygens (including phenoxy) is 1. The van der Waals surface area contributed by atoms with Gasteiger partial charge in [-0.25, -0.2) is 14.4 Å². The quantitative estimate of drug-likeness (QED) is 0.668. The van der Waals surface area contributed by atoms with Crippen molar-refractivity contribution in [2.45, 2.75) is 0 Å². The van der Waals surface area contributed by atoms with Crippen LogP contribution in [0.3, 0.4) is 0 Å². The number of rotatable bonds is 4. The highest BCUT2D eigenvalue weighted by Crippen LogP contribution is 2.35. The maximum absolute atomic E-state index is 14.0. The molecule has 3 rings (SSSR count). The van der Waals surface area contributed by atoms with Crippen LogP contribution in [-0.2, 0) is 0 Å². The molecule has 116 valence electrons. The van der Waals surface area contributed by atoms with Crippen LogP contribution in [0.4, 0.5) is 21.6 Å². The first-order valence-electron chi connectivity index (χ1n) is 6.50. The Labute approximate surface area is 138 Å². The molecule has 1 aromatic heterocycles. The Morgan fingerprint density at radius 3 is 2.78 bits per heavy atom. The predicted octanol–water partition coefficient (Wildman–Crippen LogP) is 4.68. The van der Waals surface area contributed by atoms with Crippen LogP contribution in [-0.4, -0.2) is 17.1 Å². The molecular formula is C15H10BrFN4O2. The molecule has 0 bridgehead atoms. The van der Waals surface area contributed by atoms with E-state index in [1.165, 1.54) is 25.6 Å². The zero-order valence-electron chi connectivity index (χ0n) is 11.9. The van der Waals surface area contributed by atoms with E-state index in [1.54, 1.807) is 18.2 Å². The van der Waals surface area contributed by atoms with Gasteiger partial charge in [0.15, 0.2) is 5.69 Å². The monoisotopic (exact) mass is 376 g/mol. The number of nitroso groups, excluding NO2 is 1. The van der Waals surface area contributed by atoms with Crippen molar-refractivity contribution in [2.75, 3.05) is 12.4 Å². The van der Waals surface area contributed by atoms with Crippen molar-refractivity contribution < 1.29 is 9.13 Å². The molecule has 0 spiro atoms. The minimum absolute atomic E-state index is 0.138.